The molecule has 0 spiro atoms. The van der Waals surface area contributed by atoms with E-state index in [-0.39, 0.29) is 30.1 Å². The number of rotatable bonds is 6. The Balaban J connectivity index is 0.00000529. The molecule has 3 N–H and O–H groups in total. The minimum absolute atomic E-state index is 0. The van der Waals surface area contributed by atoms with Gasteiger partial charge in [-0.15, -0.1) is 24.0 Å². The zero-order chi connectivity index (χ0) is 17.3. The van der Waals surface area contributed by atoms with Gasteiger partial charge in [-0.05, 0) is 40.2 Å². The molecule has 142 valence electrons. The van der Waals surface area contributed by atoms with Crippen LogP contribution in [0.3, 0.4) is 0 Å². The molecule has 0 atom stereocenters. The first kappa shape index (κ1) is 23.2. The number of carbonyl (C=O) groups is 1. The van der Waals surface area contributed by atoms with Crippen molar-refractivity contribution in [2.24, 2.45) is 10.7 Å². The SMILES string of the molecule is CCCN=C(N)NCCCN1CCN(C(=O)OC(C)(C)C)CC1.I. The lowest BCUT2D eigenvalue weighted by molar-refractivity contribution is 0.0145. The van der Waals surface area contributed by atoms with E-state index in [1.54, 1.807) is 4.90 Å². The van der Waals surface area contributed by atoms with Crippen LogP contribution in [-0.4, -0.2) is 73.3 Å². The van der Waals surface area contributed by atoms with Crippen molar-refractivity contribution in [1.29, 1.82) is 0 Å². The molecule has 1 aliphatic heterocycles. The summed E-state index contributed by atoms with van der Waals surface area (Å²) in [7, 11) is 0. The van der Waals surface area contributed by atoms with E-state index in [2.05, 4.69) is 22.1 Å². The Kier molecular flexibility index (Phi) is 11.4. The number of nitrogens with zero attached hydrogens (tertiary/aromatic N) is 3. The number of nitrogens with one attached hydrogen (secondary N) is 1. The van der Waals surface area contributed by atoms with Crippen molar-refractivity contribution in [3.63, 3.8) is 0 Å². The molecule has 0 aromatic rings. The first-order valence-corrected chi connectivity index (χ1v) is 8.56. The van der Waals surface area contributed by atoms with Crippen LogP contribution in [0.4, 0.5) is 4.79 Å². The minimum Gasteiger partial charge on any atom is -0.444 e. The average Bonchev–Trinajstić information content (AvgIpc) is 2.48. The van der Waals surface area contributed by atoms with Crippen molar-refractivity contribution in [1.82, 2.24) is 15.1 Å². The normalized spacial score (nSPS) is 16.5. The molecular formula is C16H34IN5O2. The fraction of sp³-hybridized carbons (Fsp3) is 0.875. The molecule has 0 saturated carbocycles. The summed E-state index contributed by atoms with van der Waals surface area (Å²) in [5.74, 6) is 0.529. The van der Waals surface area contributed by atoms with Gasteiger partial charge in [-0.2, -0.15) is 0 Å². The van der Waals surface area contributed by atoms with E-state index in [0.29, 0.717) is 5.96 Å². The molecule has 1 heterocycles. The molecule has 1 fully saturated rings. The topological polar surface area (TPSA) is 83.2 Å². The number of guanidine groups is 1. The highest BCUT2D eigenvalue weighted by Crippen LogP contribution is 2.11. The second-order valence-electron chi connectivity index (χ2n) is 6.86. The number of hydrogen-bond acceptors (Lipinski definition) is 4. The lowest BCUT2D eigenvalue weighted by Crippen LogP contribution is -2.50. The van der Waals surface area contributed by atoms with E-state index < -0.39 is 5.60 Å². The highest BCUT2D eigenvalue weighted by Gasteiger charge is 2.25. The van der Waals surface area contributed by atoms with Gasteiger partial charge in [0.25, 0.3) is 0 Å². The van der Waals surface area contributed by atoms with Gasteiger partial charge in [0, 0.05) is 39.3 Å². The van der Waals surface area contributed by atoms with E-state index >= 15 is 0 Å². The van der Waals surface area contributed by atoms with Crippen molar-refractivity contribution in [3.8, 4) is 0 Å². The van der Waals surface area contributed by atoms with E-state index in [1.165, 1.54) is 0 Å². The lowest BCUT2D eigenvalue weighted by Gasteiger charge is -2.35. The average molecular weight is 455 g/mol. The van der Waals surface area contributed by atoms with Crippen LogP contribution < -0.4 is 11.1 Å². The summed E-state index contributed by atoms with van der Waals surface area (Å²) in [4.78, 5) is 20.3. The molecule has 0 aromatic carbocycles. The van der Waals surface area contributed by atoms with Crippen LogP contribution in [0.1, 0.15) is 40.5 Å². The van der Waals surface area contributed by atoms with E-state index in [4.69, 9.17) is 10.5 Å². The summed E-state index contributed by atoms with van der Waals surface area (Å²) in [5, 5.41) is 3.13. The maximum Gasteiger partial charge on any atom is 0.410 e. The van der Waals surface area contributed by atoms with Gasteiger partial charge in [-0.3, -0.25) is 9.89 Å². The maximum absolute atomic E-state index is 12.0. The summed E-state index contributed by atoms with van der Waals surface area (Å²) in [6, 6.07) is 0. The number of hydrogen-bond donors (Lipinski definition) is 2. The van der Waals surface area contributed by atoms with Crippen LogP contribution >= 0.6 is 24.0 Å². The second-order valence-corrected chi connectivity index (χ2v) is 6.86. The zero-order valence-corrected chi connectivity index (χ0v) is 17.8. The quantitative estimate of drug-likeness (QED) is 0.277. The summed E-state index contributed by atoms with van der Waals surface area (Å²) in [6.07, 6.45) is 1.80. The standard InChI is InChI=1S/C16H33N5O2.HI/c1-5-7-18-14(17)19-8-6-9-20-10-12-21(13-11-20)15(22)23-16(2,3)4;/h5-13H2,1-4H3,(H3,17,18,19);1H. The number of aliphatic imine (C=N–C) groups is 1. The van der Waals surface area contributed by atoms with Crippen molar-refractivity contribution in [3.05, 3.63) is 0 Å². The van der Waals surface area contributed by atoms with E-state index in [9.17, 15) is 4.79 Å². The first-order chi connectivity index (χ1) is 10.8. The Morgan fingerprint density at radius 3 is 2.42 bits per heavy atom. The molecule has 1 rings (SSSR count). The molecule has 7 nitrogen and oxygen atoms in total. The van der Waals surface area contributed by atoms with Gasteiger partial charge in [0.1, 0.15) is 5.60 Å². The Morgan fingerprint density at radius 2 is 1.88 bits per heavy atom. The van der Waals surface area contributed by atoms with Gasteiger partial charge in [0.2, 0.25) is 0 Å². The van der Waals surface area contributed by atoms with Crippen LogP contribution in [0, 0.1) is 0 Å². The highest BCUT2D eigenvalue weighted by molar-refractivity contribution is 14.0. The fourth-order valence-corrected chi connectivity index (χ4v) is 2.29. The number of piperazine rings is 1. The zero-order valence-electron chi connectivity index (χ0n) is 15.5. The predicted octanol–water partition coefficient (Wildman–Crippen LogP) is 1.86. The number of ether oxygens (including phenoxy) is 1. The Labute approximate surface area is 163 Å². The van der Waals surface area contributed by atoms with Crippen molar-refractivity contribution in [2.45, 2.75) is 46.1 Å². The molecule has 0 bridgehead atoms. The number of carbonyl (C=O) groups excluding carboxylic acids is 1. The smallest absolute Gasteiger partial charge is 0.410 e. The fourth-order valence-electron chi connectivity index (χ4n) is 2.29. The van der Waals surface area contributed by atoms with Crippen molar-refractivity contribution < 1.29 is 9.53 Å². The lowest BCUT2D eigenvalue weighted by atomic mass is 10.2. The Hall–Kier alpha value is -0.770. The molecular weight excluding hydrogens is 421 g/mol. The first-order valence-electron chi connectivity index (χ1n) is 8.56. The third-order valence-electron chi connectivity index (χ3n) is 3.49. The third-order valence-corrected chi connectivity index (χ3v) is 3.49. The Bertz CT molecular complexity index is 390. The number of halogens is 1. The van der Waals surface area contributed by atoms with Crippen LogP contribution in [0.25, 0.3) is 0 Å². The molecule has 1 saturated heterocycles. The monoisotopic (exact) mass is 455 g/mol. The number of nitrogens with two attached hydrogens (primary N) is 1. The van der Waals surface area contributed by atoms with Gasteiger partial charge in [-0.1, -0.05) is 6.92 Å². The maximum atomic E-state index is 12.0. The Morgan fingerprint density at radius 1 is 1.25 bits per heavy atom. The summed E-state index contributed by atoms with van der Waals surface area (Å²) in [5.41, 5.74) is 5.32. The van der Waals surface area contributed by atoms with E-state index in [1.807, 2.05) is 20.8 Å². The van der Waals surface area contributed by atoms with E-state index in [0.717, 1.165) is 58.7 Å². The largest absolute Gasteiger partial charge is 0.444 e. The molecule has 0 unspecified atom stereocenters. The molecule has 8 heteroatoms. The van der Waals surface area contributed by atoms with Gasteiger partial charge < -0.3 is 20.7 Å². The number of amides is 1. The molecule has 1 aliphatic rings. The summed E-state index contributed by atoms with van der Waals surface area (Å²) in [6.45, 7) is 13.6. The molecule has 0 radical (unpaired) electrons. The van der Waals surface area contributed by atoms with Crippen LogP contribution in [0.15, 0.2) is 4.99 Å². The molecule has 0 aromatic heterocycles. The second kappa shape index (κ2) is 11.7. The van der Waals surface area contributed by atoms with Gasteiger partial charge in [0.15, 0.2) is 5.96 Å². The molecule has 0 aliphatic carbocycles. The van der Waals surface area contributed by atoms with Crippen LogP contribution in [0.2, 0.25) is 0 Å². The molecule has 1 amide bonds. The third kappa shape index (κ3) is 10.2. The van der Waals surface area contributed by atoms with Crippen molar-refractivity contribution >= 4 is 36.0 Å². The van der Waals surface area contributed by atoms with Gasteiger partial charge in [-0.25, -0.2) is 4.79 Å². The van der Waals surface area contributed by atoms with Crippen molar-refractivity contribution in [2.75, 3.05) is 45.8 Å². The summed E-state index contributed by atoms with van der Waals surface area (Å²) < 4.78 is 5.40. The van der Waals surface area contributed by atoms with Crippen LogP contribution in [0.5, 0.6) is 0 Å². The van der Waals surface area contributed by atoms with Gasteiger partial charge in [0.05, 0.1) is 0 Å². The highest BCUT2D eigenvalue weighted by atomic mass is 127. The minimum atomic E-state index is -0.431. The summed E-state index contributed by atoms with van der Waals surface area (Å²) >= 11 is 0. The van der Waals surface area contributed by atoms with Crippen LogP contribution in [-0.2, 0) is 4.74 Å². The molecule has 24 heavy (non-hydrogen) atoms. The predicted molar refractivity (Wildman–Crippen MR) is 109 cm³/mol. The van der Waals surface area contributed by atoms with Gasteiger partial charge >= 0.3 is 6.09 Å².